The molecule has 2 atom stereocenters. The Bertz CT molecular complexity index is 2560. The molecule has 0 aliphatic heterocycles. The van der Waals surface area contributed by atoms with Crippen LogP contribution in [0.2, 0.25) is 0 Å². The summed E-state index contributed by atoms with van der Waals surface area (Å²) in [6, 6.07) is 35.8. The van der Waals surface area contributed by atoms with Gasteiger partial charge in [0, 0.05) is 0 Å². The standard InChI is InChI=1S/C42H37N.C15H18.C2H6/c1-26-23-32-25-40-37-12-5-4-11-36(37)38-15-8-16-39(42(38)40)41(32)33(26)13-6-9-28-17-22-35-31(24-28)10-7-14-34(35)30-20-18-29(19-21-30)27(2)43-3;1-2-3-4-5-6-7-9-12-15-13-10-8-11-14-15;1-2/h4,6,8-9,11,13-22,24-27H,3,5,7,10,12,23H2,1-2H3;2-3,6-14H,4-5H2,1H3;1-2H3/b9-6+,33-13+;3-2+,7-6-,12-9-;. The van der Waals surface area contributed by atoms with Crippen LogP contribution in [0.4, 0.5) is 0 Å². The van der Waals surface area contributed by atoms with Crippen LogP contribution in [0.5, 0.6) is 0 Å². The van der Waals surface area contributed by atoms with Gasteiger partial charge in [0.2, 0.25) is 0 Å². The Hall–Kier alpha value is -6.05. The monoisotopic (exact) mass is 783 g/mol. The summed E-state index contributed by atoms with van der Waals surface area (Å²) >= 11 is 0. The highest BCUT2D eigenvalue weighted by Crippen LogP contribution is 2.51. The Kier molecular flexibility index (Phi) is 14.2. The van der Waals surface area contributed by atoms with Gasteiger partial charge in [0.1, 0.15) is 0 Å². The first-order valence-corrected chi connectivity index (χ1v) is 22.3. The molecule has 60 heavy (non-hydrogen) atoms. The second kappa shape index (κ2) is 20.3. The third kappa shape index (κ3) is 9.22. The van der Waals surface area contributed by atoms with E-state index < -0.39 is 0 Å². The van der Waals surface area contributed by atoms with Crippen LogP contribution in [0.15, 0.2) is 163 Å². The van der Waals surface area contributed by atoms with E-state index in [4.69, 9.17) is 0 Å². The van der Waals surface area contributed by atoms with Gasteiger partial charge in [0.15, 0.2) is 0 Å². The van der Waals surface area contributed by atoms with Gasteiger partial charge in [-0.3, -0.25) is 4.99 Å². The molecule has 5 aromatic rings. The predicted octanol–water partition coefficient (Wildman–Crippen LogP) is 16.5. The second-order valence-electron chi connectivity index (χ2n) is 16.0. The lowest BCUT2D eigenvalue weighted by molar-refractivity contribution is 0.780. The molecule has 9 rings (SSSR count). The van der Waals surface area contributed by atoms with Crippen molar-refractivity contribution in [3.05, 3.63) is 213 Å². The Morgan fingerprint density at radius 2 is 1.55 bits per heavy atom. The lowest BCUT2D eigenvalue weighted by Gasteiger charge is -2.19. The number of fused-ring (bicyclic) bond motifs is 5. The molecule has 0 spiro atoms. The highest BCUT2D eigenvalue weighted by atomic mass is 14.7. The molecule has 2 unspecified atom stereocenters. The Morgan fingerprint density at radius 3 is 2.35 bits per heavy atom. The van der Waals surface area contributed by atoms with Crippen molar-refractivity contribution in [3.63, 3.8) is 0 Å². The van der Waals surface area contributed by atoms with E-state index in [-0.39, 0.29) is 6.04 Å². The van der Waals surface area contributed by atoms with Crippen LogP contribution in [-0.4, -0.2) is 6.72 Å². The molecule has 0 fully saturated rings. The van der Waals surface area contributed by atoms with E-state index in [0.29, 0.717) is 5.92 Å². The number of nitrogens with zero attached hydrogens (tertiary/aromatic N) is 1. The number of benzene rings is 5. The molecule has 1 heteroatoms. The van der Waals surface area contributed by atoms with Crippen LogP contribution < -0.4 is 0 Å². The van der Waals surface area contributed by atoms with Gasteiger partial charge in [0.25, 0.3) is 0 Å². The minimum atomic E-state index is 0.126. The van der Waals surface area contributed by atoms with Crippen LogP contribution in [-0.2, 0) is 12.8 Å². The zero-order chi connectivity index (χ0) is 41.8. The summed E-state index contributed by atoms with van der Waals surface area (Å²) in [6.45, 7) is 14.2. The van der Waals surface area contributed by atoms with E-state index in [1.165, 1.54) is 83.1 Å². The van der Waals surface area contributed by atoms with Gasteiger partial charge in [-0.05, 0) is 160 Å². The van der Waals surface area contributed by atoms with E-state index in [1.54, 1.807) is 5.57 Å². The van der Waals surface area contributed by atoms with Gasteiger partial charge < -0.3 is 0 Å². The number of allylic oxidation sites excluding steroid dienone is 13. The minimum Gasteiger partial charge on any atom is -0.293 e. The molecule has 0 radical (unpaired) electrons. The topological polar surface area (TPSA) is 12.4 Å². The number of aryl methyl sites for hydroxylation is 1. The highest BCUT2D eigenvalue weighted by molar-refractivity contribution is 6.19. The number of rotatable bonds is 10. The van der Waals surface area contributed by atoms with Gasteiger partial charge >= 0.3 is 0 Å². The van der Waals surface area contributed by atoms with E-state index in [0.717, 1.165) is 44.9 Å². The van der Waals surface area contributed by atoms with E-state index in [2.05, 4.69) is 196 Å². The summed E-state index contributed by atoms with van der Waals surface area (Å²) in [5.41, 5.74) is 19.5. The van der Waals surface area contributed by atoms with Crippen molar-refractivity contribution in [2.75, 3.05) is 0 Å². The Balaban J connectivity index is 0.000000272. The fourth-order valence-electron chi connectivity index (χ4n) is 9.15. The van der Waals surface area contributed by atoms with Gasteiger partial charge in [0.05, 0.1) is 6.04 Å². The first kappa shape index (κ1) is 42.1. The number of hydrogen-bond acceptors (Lipinski definition) is 1. The van der Waals surface area contributed by atoms with Crippen molar-refractivity contribution in [2.24, 2.45) is 10.9 Å². The maximum Gasteiger partial charge on any atom is 0.0713 e. The molecule has 0 heterocycles. The maximum absolute atomic E-state index is 4.17. The first-order valence-electron chi connectivity index (χ1n) is 22.3. The quantitative estimate of drug-likeness (QED) is 0.0579. The summed E-state index contributed by atoms with van der Waals surface area (Å²) in [7, 11) is 0. The summed E-state index contributed by atoms with van der Waals surface area (Å²) in [6.07, 6.45) is 34.7. The molecular weight excluding hydrogens is 723 g/mol. The minimum absolute atomic E-state index is 0.126. The molecule has 5 aromatic carbocycles. The Morgan fingerprint density at radius 1 is 0.750 bits per heavy atom. The maximum atomic E-state index is 4.17. The zero-order valence-corrected chi connectivity index (χ0v) is 36.4. The third-order valence-electron chi connectivity index (χ3n) is 12.2. The molecule has 0 saturated carbocycles. The summed E-state index contributed by atoms with van der Waals surface area (Å²) in [5, 5.41) is 2.91. The molecule has 0 bridgehead atoms. The molecular formula is C59H61N. The van der Waals surface area contributed by atoms with Crippen molar-refractivity contribution in [3.8, 4) is 0 Å². The zero-order valence-electron chi connectivity index (χ0n) is 36.4. The molecule has 4 aliphatic carbocycles. The lowest BCUT2D eigenvalue weighted by atomic mass is 9.85. The van der Waals surface area contributed by atoms with Crippen molar-refractivity contribution in [1.82, 2.24) is 0 Å². The SMILES string of the molecule is C/C=C/CC/C=C\C=C/c1ccccc1.C=NC(C)c1ccc(C2=CCCc3cc(/C=C/C=C4/c5c(cc6c7c(cccc57)C5=C6CCC=C5)CC4C)ccc32)cc1.CC. The van der Waals surface area contributed by atoms with E-state index >= 15 is 0 Å². The van der Waals surface area contributed by atoms with Gasteiger partial charge in [-0.15, -0.1) is 0 Å². The fourth-order valence-corrected chi connectivity index (χ4v) is 9.15. The van der Waals surface area contributed by atoms with Crippen LogP contribution in [0.3, 0.4) is 0 Å². The van der Waals surface area contributed by atoms with Gasteiger partial charge in [-0.2, -0.15) is 0 Å². The smallest absolute Gasteiger partial charge is 0.0713 e. The van der Waals surface area contributed by atoms with E-state index in [1.807, 2.05) is 19.9 Å². The van der Waals surface area contributed by atoms with Gasteiger partial charge in [-0.25, -0.2) is 0 Å². The Labute approximate surface area is 360 Å². The lowest BCUT2D eigenvalue weighted by Crippen LogP contribution is -2.02. The highest BCUT2D eigenvalue weighted by Gasteiger charge is 2.31. The summed E-state index contributed by atoms with van der Waals surface area (Å²) < 4.78 is 0. The van der Waals surface area contributed by atoms with Crippen LogP contribution in [0, 0.1) is 5.92 Å². The molecule has 0 aromatic heterocycles. The number of hydrogen-bond donors (Lipinski definition) is 0. The predicted molar refractivity (Wildman–Crippen MR) is 265 cm³/mol. The summed E-state index contributed by atoms with van der Waals surface area (Å²) in [5.74, 6) is 0.522. The van der Waals surface area contributed by atoms with E-state index in [9.17, 15) is 0 Å². The second-order valence-corrected chi connectivity index (χ2v) is 16.0. The molecule has 0 saturated heterocycles. The van der Waals surface area contributed by atoms with Crippen molar-refractivity contribution < 1.29 is 0 Å². The van der Waals surface area contributed by atoms with Crippen molar-refractivity contribution in [2.45, 2.75) is 85.6 Å². The first-order chi connectivity index (χ1) is 29.5. The van der Waals surface area contributed by atoms with Crippen molar-refractivity contribution in [1.29, 1.82) is 0 Å². The van der Waals surface area contributed by atoms with Crippen LogP contribution >= 0.6 is 0 Å². The van der Waals surface area contributed by atoms with Crippen molar-refractivity contribution >= 4 is 51.9 Å². The number of unbranched alkanes of at least 4 members (excludes halogenated alkanes) is 1. The molecule has 4 aliphatic rings. The van der Waals surface area contributed by atoms with Gasteiger partial charge in [-0.1, -0.05) is 191 Å². The summed E-state index contributed by atoms with van der Waals surface area (Å²) in [4.78, 5) is 4.17. The third-order valence-corrected chi connectivity index (χ3v) is 12.2. The average Bonchev–Trinajstić information content (AvgIpc) is 3.80. The van der Waals surface area contributed by atoms with Crippen LogP contribution in [0.25, 0.3) is 45.2 Å². The molecule has 0 amide bonds. The molecule has 1 nitrogen and oxygen atoms in total. The molecule has 0 N–H and O–H groups in total. The molecule has 302 valence electrons. The fraction of sp³-hybridized carbons (Fsp3) is 0.237. The van der Waals surface area contributed by atoms with Crippen LogP contribution in [0.1, 0.15) is 128 Å². The normalized spacial score (nSPS) is 17.4. The largest absolute Gasteiger partial charge is 0.293 e. The number of aliphatic imine (C=N–C) groups is 1. The average molecular weight is 784 g/mol.